The number of para-hydroxylation sites is 1. The number of carbonyl (C=O) groups excluding carboxylic acids is 2. The van der Waals surface area contributed by atoms with Crippen LogP contribution in [-0.2, 0) is 0 Å². The van der Waals surface area contributed by atoms with Gasteiger partial charge >= 0.3 is 6.03 Å². The molecule has 1 aliphatic heterocycles. The number of likely N-dealkylation sites (tertiary alicyclic amines) is 1. The third-order valence-electron chi connectivity index (χ3n) is 6.28. The lowest BCUT2D eigenvalue weighted by Gasteiger charge is -2.21. The zero-order valence-electron chi connectivity index (χ0n) is 17.3. The maximum atomic E-state index is 12.8. The predicted molar refractivity (Wildman–Crippen MR) is 115 cm³/mol. The highest BCUT2D eigenvalue weighted by Crippen LogP contribution is 2.41. The number of pyridine rings is 1. The fourth-order valence-electron chi connectivity index (χ4n) is 4.77. The molecule has 3 atom stereocenters. The van der Waals surface area contributed by atoms with Gasteiger partial charge in [0.25, 0.3) is 0 Å². The van der Waals surface area contributed by atoms with E-state index < -0.39 is 0 Å². The molecule has 2 aromatic heterocycles. The number of Topliss-reactive ketones (excluding diaryl/α,β-unsaturated/α-hetero) is 1. The van der Waals surface area contributed by atoms with E-state index in [1.165, 1.54) is 11.6 Å². The third kappa shape index (κ3) is 3.83. The Kier molecular flexibility index (Phi) is 5.02. The van der Waals surface area contributed by atoms with Crippen LogP contribution in [0.15, 0.2) is 61.1 Å². The van der Waals surface area contributed by atoms with Gasteiger partial charge in [-0.25, -0.2) is 4.79 Å². The molecule has 3 aromatic rings. The van der Waals surface area contributed by atoms with Crippen molar-refractivity contribution in [1.82, 2.24) is 19.7 Å². The first kappa shape index (κ1) is 19.5. The number of hydrogen-bond acceptors (Lipinski definition) is 5. The van der Waals surface area contributed by atoms with E-state index in [1.807, 2.05) is 41.4 Å². The van der Waals surface area contributed by atoms with Crippen LogP contribution in [0.3, 0.4) is 0 Å². The number of amides is 1. The fraction of sp³-hybridized carbons (Fsp3) is 0.333. The van der Waals surface area contributed by atoms with Crippen molar-refractivity contribution in [3.8, 4) is 16.9 Å². The molecule has 1 saturated carbocycles. The van der Waals surface area contributed by atoms with Gasteiger partial charge in [0, 0.05) is 49.7 Å². The number of ether oxygens (including phenoxy) is 1. The molecule has 5 rings (SSSR count). The lowest BCUT2D eigenvalue weighted by molar-refractivity contribution is 0.101. The normalized spacial score (nSPS) is 22.4. The highest BCUT2D eigenvalue weighted by atomic mass is 16.5. The van der Waals surface area contributed by atoms with Crippen LogP contribution in [0.1, 0.15) is 30.3 Å². The number of fused-ring (bicyclic) bond motifs is 1. The van der Waals surface area contributed by atoms with Gasteiger partial charge in [0.15, 0.2) is 5.78 Å². The molecule has 31 heavy (non-hydrogen) atoms. The number of benzene rings is 1. The Balaban J connectivity index is 1.23. The van der Waals surface area contributed by atoms with E-state index in [4.69, 9.17) is 4.74 Å². The fourth-order valence-corrected chi connectivity index (χ4v) is 4.77. The van der Waals surface area contributed by atoms with Gasteiger partial charge < -0.3 is 9.64 Å². The minimum Gasteiger partial charge on any atom is -0.490 e. The van der Waals surface area contributed by atoms with E-state index in [0.29, 0.717) is 30.6 Å². The summed E-state index contributed by atoms with van der Waals surface area (Å²) >= 11 is 0. The Morgan fingerprint density at radius 3 is 2.48 bits per heavy atom. The van der Waals surface area contributed by atoms with Crippen molar-refractivity contribution in [2.24, 2.45) is 11.8 Å². The largest absolute Gasteiger partial charge is 0.490 e. The quantitative estimate of drug-likeness (QED) is 0.603. The van der Waals surface area contributed by atoms with Crippen LogP contribution in [0, 0.1) is 11.8 Å². The summed E-state index contributed by atoms with van der Waals surface area (Å²) in [7, 11) is 0. The van der Waals surface area contributed by atoms with Gasteiger partial charge in [-0.1, -0.05) is 24.3 Å². The van der Waals surface area contributed by atoms with Crippen molar-refractivity contribution < 1.29 is 14.3 Å². The number of ketones is 1. The summed E-state index contributed by atoms with van der Waals surface area (Å²) in [6, 6.07) is 13.4. The Bertz CT molecular complexity index is 1100. The van der Waals surface area contributed by atoms with E-state index in [2.05, 4.69) is 16.1 Å². The molecule has 0 spiro atoms. The van der Waals surface area contributed by atoms with Gasteiger partial charge in [-0.3, -0.25) is 9.78 Å². The molecule has 1 unspecified atom stereocenters. The SMILES string of the molecule is CC(=O)c1ccn(C(=O)N2C[C@H]3CC(Oc4ccccc4-c4cccnc4)C[C@H]3C2)n1. The van der Waals surface area contributed by atoms with E-state index in [-0.39, 0.29) is 17.9 Å². The van der Waals surface area contributed by atoms with Gasteiger partial charge in [-0.15, -0.1) is 0 Å². The Labute approximate surface area is 180 Å². The lowest BCUT2D eigenvalue weighted by Crippen LogP contribution is -2.34. The summed E-state index contributed by atoms with van der Waals surface area (Å²) < 4.78 is 7.69. The van der Waals surface area contributed by atoms with Crippen LogP contribution in [0.2, 0.25) is 0 Å². The lowest BCUT2D eigenvalue weighted by atomic mass is 10.0. The average Bonchev–Trinajstić information content (AvgIpc) is 3.49. The molecular formula is C24H24N4O3. The van der Waals surface area contributed by atoms with Crippen LogP contribution in [0.5, 0.6) is 5.75 Å². The average molecular weight is 416 g/mol. The topological polar surface area (TPSA) is 77.3 Å². The predicted octanol–water partition coefficient (Wildman–Crippen LogP) is 3.91. The van der Waals surface area contributed by atoms with E-state index in [9.17, 15) is 9.59 Å². The summed E-state index contributed by atoms with van der Waals surface area (Å²) in [5.74, 6) is 1.57. The highest BCUT2D eigenvalue weighted by molar-refractivity contribution is 5.92. The second kappa shape index (κ2) is 7.98. The van der Waals surface area contributed by atoms with E-state index in [1.54, 1.807) is 18.5 Å². The first-order chi connectivity index (χ1) is 15.1. The molecule has 158 valence electrons. The van der Waals surface area contributed by atoms with Crippen molar-refractivity contribution in [3.63, 3.8) is 0 Å². The van der Waals surface area contributed by atoms with Gasteiger partial charge in [0.2, 0.25) is 0 Å². The standard InChI is InChI=1S/C24H24N4O3/c1-16(29)22-8-10-28(26-22)24(30)27-14-18-11-20(12-19(18)15-27)31-23-7-3-2-6-21(23)17-5-4-9-25-13-17/h2-10,13,18-20H,11-12,14-15H2,1H3/t18-,19+,20?. The smallest absolute Gasteiger partial charge is 0.344 e. The maximum Gasteiger partial charge on any atom is 0.344 e. The molecule has 0 N–H and O–H groups in total. The number of carbonyl (C=O) groups is 2. The molecule has 0 bridgehead atoms. The summed E-state index contributed by atoms with van der Waals surface area (Å²) in [6.45, 7) is 2.84. The molecule has 2 fully saturated rings. The molecule has 1 saturated heterocycles. The van der Waals surface area contributed by atoms with Crippen LogP contribution < -0.4 is 4.74 Å². The maximum absolute atomic E-state index is 12.8. The molecule has 7 heteroatoms. The number of aromatic nitrogens is 3. The van der Waals surface area contributed by atoms with Gasteiger partial charge in [0.1, 0.15) is 11.4 Å². The molecule has 2 aliphatic rings. The molecule has 0 radical (unpaired) electrons. The van der Waals surface area contributed by atoms with Crippen LogP contribution in [0.25, 0.3) is 11.1 Å². The van der Waals surface area contributed by atoms with Crippen molar-refractivity contribution in [2.75, 3.05) is 13.1 Å². The molecule has 1 aromatic carbocycles. The van der Waals surface area contributed by atoms with Crippen molar-refractivity contribution >= 4 is 11.8 Å². The van der Waals surface area contributed by atoms with Crippen molar-refractivity contribution in [1.29, 1.82) is 0 Å². The van der Waals surface area contributed by atoms with Gasteiger partial charge in [-0.2, -0.15) is 9.78 Å². The molecule has 3 heterocycles. The minimum atomic E-state index is -0.165. The molecule has 1 aliphatic carbocycles. The first-order valence-electron chi connectivity index (χ1n) is 10.6. The summed E-state index contributed by atoms with van der Waals surface area (Å²) in [5.41, 5.74) is 2.40. The minimum absolute atomic E-state index is 0.138. The first-order valence-corrected chi connectivity index (χ1v) is 10.6. The molecule has 1 amide bonds. The van der Waals surface area contributed by atoms with Gasteiger partial charge in [0.05, 0.1) is 6.10 Å². The monoisotopic (exact) mass is 416 g/mol. The Hall–Kier alpha value is -3.48. The highest BCUT2D eigenvalue weighted by Gasteiger charge is 2.43. The van der Waals surface area contributed by atoms with Crippen LogP contribution >= 0.6 is 0 Å². The number of hydrogen-bond donors (Lipinski definition) is 0. The summed E-state index contributed by atoms with van der Waals surface area (Å²) in [4.78, 5) is 30.3. The zero-order valence-corrected chi connectivity index (χ0v) is 17.3. The second-order valence-electron chi connectivity index (χ2n) is 8.36. The van der Waals surface area contributed by atoms with Crippen LogP contribution in [-0.4, -0.2) is 50.7 Å². The summed E-state index contributed by atoms with van der Waals surface area (Å²) in [6.07, 6.45) is 7.17. The van der Waals surface area contributed by atoms with Gasteiger partial charge in [-0.05, 0) is 42.9 Å². The van der Waals surface area contributed by atoms with Crippen molar-refractivity contribution in [2.45, 2.75) is 25.9 Å². The molecule has 7 nitrogen and oxygen atoms in total. The number of rotatable bonds is 4. The van der Waals surface area contributed by atoms with E-state index >= 15 is 0 Å². The Morgan fingerprint density at radius 1 is 1.03 bits per heavy atom. The third-order valence-corrected chi connectivity index (χ3v) is 6.28. The Morgan fingerprint density at radius 2 is 1.81 bits per heavy atom. The van der Waals surface area contributed by atoms with Crippen molar-refractivity contribution in [3.05, 3.63) is 66.7 Å². The van der Waals surface area contributed by atoms with Crippen LogP contribution in [0.4, 0.5) is 4.79 Å². The number of nitrogens with zero attached hydrogens (tertiary/aromatic N) is 4. The second-order valence-corrected chi connectivity index (χ2v) is 8.36. The van der Waals surface area contributed by atoms with E-state index in [0.717, 1.165) is 29.7 Å². The molecular weight excluding hydrogens is 392 g/mol. The zero-order chi connectivity index (χ0) is 21.4. The summed E-state index contributed by atoms with van der Waals surface area (Å²) in [5, 5.41) is 4.10.